The molecule has 0 saturated heterocycles. The molecule has 12 heavy (non-hydrogen) atoms. The van der Waals surface area contributed by atoms with E-state index in [9.17, 15) is 0 Å². The molecule has 0 saturated carbocycles. The first-order valence-corrected chi connectivity index (χ1v) is 10.7. The maximum Gasteiger partial charge on any atom is 0.212 e. The van der Waals surface area contributed by atoms with Gasteiger partial charge in [-0.25, -0.2) is 0 Å². The first kappa shape index (κ1) is 11.6. The second-order valence-corrected chi connectivity index (χ2v) is 14.0. The molecule has 2 heteroatoms. The van der Waals surface area contributed by atoms with Gasteiger partial charge in [-0.15, -0.1) is 23.9 Å². The smallest absolute Gasteiger partial charge is 0.126 e. The van der Waals surface area contributed by atoms with Crippen LogP contribution in [-0.4, -0.2) is 16.1 Å². The Morgan fingerprint density at radius 3 is 1.58 bits per heavy atom. The number of hydrogen-bond acceptors (Lipinski definition) is 0. The third-order valence-electron chi connectivity index (χ3n) is 2.01. The predicted octanol–water partition coefficient (Wildman–Crippen LogP) is 2.75. The van der Waals surface area contributed by atoms with Gasteiger partial charge in [0, 0.05) is 8.07 Å². The molecular formula is C10H18Si2. The molecule has 0 fully saturated rings. The molecule has 0 amide bonds. The summed E-state index contributed by atoms with van der Waals surface area (Å²) in [7, 11) is -2.67. The lowest BCUT2D eigenvalue weighted by Gasteiger charge is -2.20. The highest BCUT2D eigenvalue weighted by molar-refractivity contribution is 6.94. The van der Waals surface area contributed by atoms with Gasteiger partial charge in [0.15, 0.2) is 0 Å². The van der Waals surface area contributed by atoms with Crippen LogP contribution in [-0.2, 0) is 0 Å². The van der Waals surface area contributed by atoms with Crippen molar-refractivity contribution in [3.63, 3.8) is 0 Å². The second-order valence-electron chi connectivity index (χ2n) is 4.68. The van der Waals surface area contributed by atoms with Crippen LogP contribution in [0.15, 0.2) is 0 Å². The van der Waals surface area contributed by atoms with Gasteiger partial charge in [-0.3, -0.25) is 0 Å². The maximum atomic E-state index is 5.43. The Morgan fingerprint density at radius 2 is 1.33 bits per heavy atom. The van der Waals surface area contributed by atoms with Crippen LogP contribution in [0.3, 0.4) is 0 Å². The molecule has 0 unspecified atom stereocenters. The van der Waals surface area contributed by atoms with Gasteiger partial charge in [0.2, 0.25) is 8.07 Å². The minimum atomic E-state index is -1.72. The Kier molecular flexibility index (Phi) is 3.83. The van der Waals surface area contributed by atoms with Gasteiger partial charge < -0.3 is 0 Å². The molecule has 0 aromatic rings. The van der Waals surface area contributed by atoms with Crippen LogP contribution >= 0.6 is 0 Å². The van der Waals surface area contributed by atoms with E-state index in [2.05, 4.69) is 37.3 Å². The third-order valence-corrected chi connectivity index (χ3v) is 6.79. The van der Waals surface area contributed by atoms with E-state index in [1.165, 1.54) is 6.04 Å². The molecule has 0 spiro atoms. The van der Waals surface area contributed by atoms with E-state index in [1.807, 2.05) is 0 Å². The van der Waals surface area contributed by atoms with Crippen LogP contribution in [0, 0.1) is 23.9 Å². The van der Waals surface area contributed by atoms with Crippen molar-refractivity contribution in [3.8, 4) is 23.9 Å². The molecule has 0 N–H and O–H groups in total. The molecule has 0 bridgehead atoms. The first-order chi connectivity index (χ1) is 5.33. The van der Waals surface area contributed by atoms with Gasteiger partial charge in [-0.1, -0.05) is 25.7 Å². The van der Waals surface area contributed by atoms with Gasteiger partial charge in [0.25, 0.3) is 0 Å². The van der Waals surface area contributed by atoms with Crippen molar-refractivity contribution in [2.75, 3.05) is 0 Å². The summed E-state index contributed by atoms with van der Waals surface area (Å²) >= 11 is 0. The van der Waals surface area contributed by atoms with E-state index in [0.717, 1.165) is 6.04 Å². The van der Waals surface area contributed by atoms with Gasteiger partial charge in [-0.2, -0.15) is 0 Å². The van der Waals surface area contributed by atoms with Gasteiger partial charge in [0.1, 0.15) is 0 Å². The average Bonchev–Trinajstić information content (AvgIpc) is 1.99. The monoisotopic (exact) mass is 194 g/mol. The molecule has 0 aliphatic carbocycles. The molecule has 0 aromatic carbocycles. The van der Waals surface area contributed by atoms with Crippen molar-refractivity contribution >= 4 is 16.1 Å². The summed E-state index contributed by atoms with van der Waals surface area (Å²) in [6, 6.07) is 2.37. The summed E-state index contributed by atoms with van der Waals surface area (Å²) in [6.07, 6.45) is 10.9. The van der Waals surface area contributed by atoms with Crippen molar-refractivity contribution in [2.45, 2.75) is 38.3 Å². The molecule has 0 aliphatic rings. The summed E-state index contributed by atoms with van der Waals surface area (Å²) < 4.78 is 0. The van der Waals surface area contributed by atoms with Crippen molar-refractivity contribution in [2.24, 2.45) is 0 Å². The molecule has 0 aliphatic heterocycles. The van der Waals surface area contributed by atoms with E-state index >= 15 is 0 Å². The van der Waals surface area contributed by atoms with Gasteiger partial charge in [-0.05, 0) is 12.6 Å². The highest BCUT2D eigenvalue weighted by atomic mass is 28.3. The Bertz CT molecular complexity index is 208. The molecule has 0 rings (SSSR count). The zero-order chi connectivity index (χ0) is 9.83. The molecular weight excluding hydrogens is 176 g/mol. The quantitative estimate of drug-likeness (QED) is 0.479. The van der Waals surface area contributed by atoms with E-state index in [4.69, 9.17) is 12.8 Å². The van der Waals surface area contributed by atoms with Crippen molar-refractivity contribution in [1.29, 1.82) is 0 Å². The lowest BCUT2D eigenvalue weighted by molar-refractivity contribution is 1.30. The van der Waals surface area contributed by atoms with Crippen LogP contribution in [0.5, 0.6) is 0 Å². The molecule has 0 heterocycles. The maximum absolute atomic E-state index is 5.43. The number of hydrogen-bond donors (Lipinski definition) is 0. The Morgan fingerprint density at radius 1 is 0.917 bits per heavy atom. The minimum absolute atomic E-state index is 0.956. The Labute approximate surface area is 78.8 Å². The zero-order valence-electron chi connectivity index (χ0n) is 8.57. The Balaban J connectivity index is 4.13. The molecule has 0 atom stereocenters. The largest absolute Gasteiger partial charge is 0.212 e. The van der Waals surface area contributed by atoms with Crippen LogP contribution in [0.1, 0.15) is 0 Å². The topological polar surface area (TPSA) is 0 Å². The number of rotatable bonds is 3. The lowest BCUT2D eigenvalue weighted by Crippen LogP contribution is -2.30. The highest BCUT2D eigenvalue weighted by Crippen LogP contribution is 2.18. The molecule has 66 valence electrons. The zero-order valence-corrected chi connectivity index (χ0v) is 10.6. The van der Waals surface area contributed by atoms with Crippen molar-refractivity contribution in [3.05, 3.63) is 0 Å². The van der Waals surface area contributed by atoms with Gasteiger partial charge in [0.05, 0.1) is 0 Å². The summed E-state index contributed by atoms with van der Waals surface area (Å²) in [5.41, 5.74) is 5.65. The van der Waals surface area contributed by atoms with E-state index < -0.39 is 16.1 Å². The van der Waals surface area contributed by atoms with Crippen LogP contribution < -0.4 is 0 Å². The standard InChI is InChI=1S/C10H18Si2/c1-7-12(6,8-2)10-9-11(3,4)5/h1-2H,9-10H2,3-6H3. The van der Waals surface area contributed by atoms with Gasteiger partial charge >= 0.3 is 0 Å². The fourth-order valence-electron chi connectivity index (χ4n) is 0.811. The summed E-state index contributed by atoms with van der Waals surface area (Å²) in [4.78, 5) is 0. The highest BCUT2D eigenvalue weighted by Gasteiger charge is 2.25. The van der Waals surface area contributed by atoms with Crippen LogP contribution in [0.4, 0.5) is 0 Å². The van der Waals surface area contributed by atoms with Crippen LogP contribution in [0.2, 0.25) is 38.3 Å². The summed E-state index contributed by atoms with van der Waals surface area (Å²) in [5.74, 6) is 0. The van der Waals surface area contributed by atoms with E-state index in [1.54, 1.807) is 0 Å². The molecule has 0 aromatic heterocycles. The van der Waals surface area contributed by atoms with E-state index in [-0.39, 0.29) is 0 Å². The lowest BCUT2D eigenvalue weighted by atomic mass is 10.9. The SMILES string of the molecule is C#C[Si](C)(C#C)CC[Si](C)(C)C. The predicted molar refractivity (Wildman–Crippen MR) is 62.2 cm³/mol. The first-order valence-electron chi connectivity index (χ1n) is 4.28. The van der Waals surface area contributed by atoms with Crippen molar-refractivity contribution in [1.82, 2.24) is 0 Å². The normalized spacial score (nSPS) is 11.8. The third kappa shape index (κ3) is 4.44. The second kappa shape index (κ2) is 3.98. The summed E-state index contributed by atoms with van der Waals surface area (Å²) in [5, 5.41) is 0. The number of terminal acetylenes is 2. The fourth-order valence-corrected chi connectivity index (χ4v) is 6.18. The average molecular weight is 194 g/mol. The molecule has 0 nitrogen and oxygen atoms in total. The van der Waals surface area contributed by atoms with Crippen LogP contribution in [0.25, 0.3) is 0 Å². The Hall–Kier alpha value is -0.446. The van der Waals surface area contributed by atoms with E-state index in [0.29, 0.717) is 0 Å². The van der Waals surface area contributed by atoms with Crippen molar-refractivity contribution < 1.29 is 0 Å². The molecule has 0 radical (unpaired) electrons. The fraction of sp³-hybridized carbons (Fsp3) is 0.600. The minimum Gasteiger partial charge on any atom is -0.126 e. The summed E-state index contributed by atoms with van der Waals surface area (Å²) in [6.45, 7) is 9.17.